The van der Waals surface area contributed by atoms with Gasteiger partial charge in [0.15, 0.2) is 0 Å². The topological polar surface area (TPSA) is 75.7 Å². The standard InChI is InChI=1S/C20H23F3N2O4S/c1-13(2)18(24-30(27,28)17-7-5-4-6-16(17)21)19(26)25(3)12-14-8-10-15(11-9-14)29-20(22)23/h4-11,13,18,20,24H,12H2,1-3H3/t18-/m0/s1. The first-order chi connectivity index (χ1) is 14.0. The molecule has 6 nitrogen and oxygen atoms in total. The van der Waals surface area contributed by atoms with E-state index in [9.17, 15) is 26.4 Å². The Labute approximate surface area is 173 Å². The number of ether oxygens (including phenoxy) is 1. The van der Waals surface area contributed by atoms with Crippen LogP contribution in [0.1, 0.15) is 19.4 Å². The lowest BCUT2D eigenvalue weighted by Crippen LogP contribution is -2.50. The number of rotatable bonds is 9. The molecule has 2 aromatic carbocycles. The fourth-order valence-electron chi connectivity index (χ4n) is 2.73. The summed E-state index contributed by atoms with van der Waals surface area (Å²) in [5.74, 6) is -1.86. The zero-order chi connectivity index (χ0) is 22.5. The van der Waals surface area contributed by atoms with E-state index < -0.39 is 45.2 Å². The SMILES string of the molecule is CC(C)[C@H](NS(=O)(=O)c1ccccc1F)C(=O)N(C)Cc1ccc(OC(F)F)cc1. The number of carbonyl (C=O) groups excluding carboxylic acids is 1. The van der Waals surface area contributed by atoms with Crippen molar-refractivity contribution in [2.24, 2.45) is 5.92 Å². The predicted octanol–water partition coefficient (Wildman–Crippen LogP) is 3.39. The van der Waals surface area contributed by atoms with Crippen molar-refractivity contribution in [3.8, 4) is 5.75 Å². The van der Waals surface area contributed by atoms with Gasteiger partial charge in [0.1, 0.15) is 22.5 Å². The molecule has 0 unspecified atom stereocenters. The molecule has 1 amide bonds. The molecule has 1 N–H and O–H groups in total. The minimum Gasteiger partial charge on any atom is -0.435 e. The molecule has 0 aliphatic rings. The summed E-state index contributed by atoms with van der Waals surface area (Å²) >= 11 is 0. The molecule has 0 fully saturated rings. The summed E-state index contributed by atoms with van der Waals surface area (Å²) in [5, 5.41) is 0. The van der Waals surface area contributed by atoms with Crippen LogP contribution >= 0.6 is 0 Å². The Morgan fingerprint density at radius 2 is 1.70 bits per heavy atom. The van der Waals surface area contributed by atoms with Crippen LogP contribution in [0.2, 0.25) is 0 Å². The van der Waals surface area contributed by atoms with Gasteiger partial charge in [-0.25, -0.2) is 12.8 Å². The molecule has 0 aromatic heterocycles. The van der Waals surface area contributed by atoms with Crippen LogP contribution in [0, 0.1) is 11.7 Å². The van der Waals surface area contributed by atoms with Crippen LogP contribution in [0.4, 0.5) is 13.2 Å². The second kappa shape index (κ2) is 9.94. The number of sulfonamides is 1. The van der Waals surface area contributed by atoms with Crippen LogP contribution in [-0.2, 0) is 21.4 Å². The Bertz CT molecular complexity index is 966. The average Bonchev–Trinajstić information content (AvgIpc) is 2.66. The van der Waals surface area contributed by atoms with E-state index in [-0.39, 0.29) is 12.3 Å². The summed E-state index contributed by atoms with van der Waals surface area (Å²) < 4.78 is 70.1. The minimum atomic E-state index is -4.26. The van der Waals surface area contributed by atoms with E-state index in [1.807, 2.05) is 0 Å². The zero-order valence-corrected chi connectivity index (χ0v) is 17.5. The molecule has 1 atom stereocenters. The second-order valence-corrected chi connectivity index (χ2v) is 8.67. The number of alkyl halides is 2. The molecule has 0 saturated carbocycles. The average molecular weight is 444 g/mol. The van der Waals surface area contributed by atoms with Gasteiger partial charge in [0.2, 0.25) is 15.9 Å². The van der Waals surface area contributed by atoms with Crippen molar-refractivity contribution >= 4 is 15.9 Å². The molecule has 2 rings (SSSR count). The molecule has 0 spiro atoms. The number of benzene rings is 2. The van der Waals surface area contributed by atoms with Crippen LogP contribution in [0.5, 0.6) is 5.75 Å². The number of amides is 1. The summed E-state index contributed by atoms with van der Waals surface area (Å²) in [6.07, 6.45) is 0. The first-order valence-electron chi connectivity index (χ1n) is 9.07. The number of hydrogen-bond acceptors (Lipinski definition) is 4. The number of likely N-dealkylation sites (N-methyl/N-ethyl adjacent to an activating group) is 1. The smallest absolute Gasteiger partial charge is 0.387 e. The van der Waals surface area contributed by atoms with Gasteiger partial charge < -0.3 is 9.64 Å². The van der Waals surface area contributed by atoms with E-state index in [1.165, 1.54) is 48.3 Å². The molecule has 2 aromatic rings. The third kappa shape index (κ3) is 6.20. The van der Waals surface area contributed by atoms with Crippen molar-refractivity contribution in [1.29, 1.82) is 0 Å². The molecule has 0 aliphatic heterocycles. The Kier molecular flexibility index (Phi) is 7.85. The van der Waals surface area contributed by atoms with Crippen molar-refractivity contribution in [2.45, 2.75) is 37.9 Å². The summed E-state index contributed by atoms with van der Waals surface area (Å²) in [4.78, 5) is 13.6. The molecule has 0 aliphatic carbocycles. The van der Waals surface area contributed by atoms with Crippen LogP contribution in [0.25, 0.3) is 0 Å². The van der Waals surface area contributed by atoms with Gasteiger partial charge in [0.25, 0.3) is 0 Å². The number of carbonyl (C=O) groups is 1. The highest BCUT2D eigenvalue weighted by molar-refractivity contribution is 7.89. The molecule has 164 valence electrons. The van der Waals surface area contributed by atoms with E-state index >= 15 is 0 Å². The Morgan fingerprint density at radius 3 is 2.23 bits per heavy atom. The lowest BCUT2D eigenvalue weighted by atomic mass is 10.0. The fraction of sp³-hybridized carbons (Fsp3) is 0.350. The highest BCUT2D eigenvalue weighted by Gasteiger charge is 2.31. The van der Waals surface area contributed by atoms with Gasteiger partial charge in [-0.1, -0.05) is 38.1 Å². The summed E-state index contributed by atoms with van der Waals surface area (Å²) in [6, 6.07) is 9.51. The monoisotopic (exact) mass is 444 g/mol. The number of halogens is 3. The third-order valence-electron chi connectivity index (χ3n) is 4.29. The van der Waals surface area contributed by atoms with Gasteiger partial charge >= 0.3 is 6.61 Å². The molecular weight excluding hydrogens is 421 g/mol. The molecule has 0 radical (unpaired) electrons. The van der Waals surface area contributed by atoms with Crippen molar-refractivity contribution < 1.29 is 31.1 Å². The van der Waals surface area contributed by atoms with Crippen molar-refractivity contribution in [3.63, 3.8) is 0 Å². The van der Waals surface area contributed by atoms with E-state index in [0.29, 0.717) is 5.56 Å². The molecule has 0 bridgehead atoms. The van der Waals surface area contributed by atoms with Gasteiger partial charge in [-0.3, -0.25) is 4.79 Å². The number of hydrogen-bond donors (Lipinski definition) is 1. The Hall–Kier alpha value is -2.59. The maximum absolute atomic E-state index is 13.9. The molecule has 0 heterocycles. The van der Waals surface area contributed by atoms with Crippen molar-refractivity contribution in [3.05, 3.63) is 59.9 Å². The lowest BCUT2D eigenvalue weighted by molar-refractivity contribution is -0.133. The second-order valence-electron chi connectivity index (χ2n) is 6.99. The van der Waals surface area contributed by atoms with Gasteiger partial charge in [-0.05, 0) is 35.7 Å². The minimum absolute atomic E-state index is 0.0135. The summed E-state index contributed by atoms with van der Waals surface area (Å²) in [5.41, 5.74) is 0.631. The highest BCUT2D eigenvalue weighted by Crippen LogP contribution is 2.18. The Balaban J connectivity index is 2.13. The van der Waals surface area contributed by atoms with E-state index in [0.717, 1.165) is 12.1 Å². The Morgan fingerprint density at radius 1 is 1.10 bits per heavy atom. The van der Waals surface area contributed by atoms with Crippen LogP contribution < -0.4 is 9.46 Å². The fourth-order valence-corrected chi connectivity index (χ4v) is 4.15. The van der Waals surface area contributed by atoms with Crippen LogP contribution in [0.3, 0.4) is 0 Å². The van der Waals surface area contributed by atoms with Crippen molar-refractivity contribution in [1.82, 2.24) is 9.62 Å². The zero-order valence-electron chi connectivity index (χ0n) is 16.7. The lowest BCUT2D eigenvalue weighted by Gasteiger charge is -2.27. The van der Waals surface area contributed by atoms with E-state index in [2.05, 4.69) is 9.46 Å². The molecular formula is C20H23F3N2O4S. The van der Waals surface area contributed by atoms with Gasteiger partial charge in [-0.15, -0.1) is 0 Å². The third-order valence-corrected chi connectivity index (χ3v) is 5.76. The highest BCUT2D eigenvalue weighted by atomic mass is 32.2. The van der Waals surface area contributed by atoms with Gasteiger partial charge in [0, 0.05) is 13.6 Å². The largest absolute Gasteiger partial charge is 0.435 e. The maximum Gasteiger partial charge on any atom is 0.387 e. The number of nitrogens with zero attached hydrogens (tertiary/aromatic N) is 1. The van der Waals surface area contributed by atoms with E-state index in [4.69, 9.17) is 0 Å². The van der Waals surface area contributed by atoms with Crippen LogP contribution in [0.15, 0.2) is 53.4 Å². The van der Waals surface area contributed by atoms with Gasteiger partial charge in [-0.2, -0.15) is 13.5 Å². The quantitative estimate of drug-likeness (QED) is 0.643. The first kappa shape index (κ1) is 23.7. The summed E-state index contributed by atoms with van der Waals surface area (Å²) in [6.45, 7) is 0.501. The maximum atomic E-state index is 13.9. The summed E-state index contributed by atoms with van der Waals surface area (Å²) in [7, 11) is -2.78. The predicted molar refractivity (Wildman–Crippen MR) is 105 cm³/mol. The molecule has 0 saturated heterocycles. The molecule has 10 heteroatoms. The molecule has 30 heavy (non-hydrogen) atoms. The van der Waals surface area contributed by atoms with E-state index in [1.54, 1.807) is 13.8 Å². The normalized spacial score (nSPS) is 12.8. The van der Waals surface area contributed by atoms with Crippen molar-refractivity contribution in [2.75, 3.05) is 7.05 Å². The van der Waals surface area contributed by atoms with Gasteiger partial charge in [0.05, 0.1) is 0 Å². The number of nitrogens with one attached hydrogen (secondary N) is 1. The van der Waals surface area contributed by atoms with Crippen LogP contribution in [-0.4, -0.2) is 38.9 Å². The first-order valence-corrected chi connectivity index (χ1v) is 10.5.